The fourth-order valence-electron chi connectivity index (χ4n) is 6.89. The summed E-state index contributed by atoms with van der Waals surface area (Å²) >= 11 is 6.18. The monoisotopic (exact) mass is 943 g/mol. The summed E-state index contributed by atoms with van der Waals surface area (Å²) in [7, 11) is -9.20. The Kier molecular flexibility index (Phi) is 15.1. The lowest BCUT2D eigenvalue weighted by Crippen LogP contribution is -2.47. The van der Waals surface area contributed by atoms with Gasteiger partial charge in [0.1, 0.15) is 54.2 Å². The Morgan fingerprint density at radius 3 is 2.38 bits per heavy atom. The average Bonchev–Trinajstić information content (AvgIpc) is 3.88. The number of amides is 1. The molecule has 2 saturated heterocycles. The van der Waals surface area contributed by atoms with Crippen LogP contribution in [-0.4, -0.2) is 134 Å². The van der Waals surface area contributed by atoms with Crippen LogP contribution in [0.3, 0.4) is 0 Å². The van der Waals surface area contributed by atoms with Crippen molar-refractivity contribution in [3.63, 3.8) is 0 Å². The molecule has 2 aliphatic heterocycles. The van der Waals surface area contributed by atoms with Crippen molar-refractivity contribution in [2.45, 2.75) is 80.8 Å². The molecule has 0 bridgehead atoms. The van der Waals surface area contributed by atoms with E-state index in [1.54, 1.807) is 24.3 Å². The van der Waals surface area contributed by atoms with E-state index in [2.05, 4.69) is 31.0 Å². The van der Waals surface area contributed by atoms with Crippen LogP contribution in [0.4, 0.5) is 11.6 Å². The molecule has 6 rings (SSSR count). The lowest BCUT2D eigenvalue weighted by Gasteiger charge is -2.30. The van der Waals surface area contributed by atoms with Crippen molar-refractivity contribution in [1.82, 2.24) is 34.0 Å². The number of nitrogens with zero attached hydrogens (tertiary/aromatic N) is 7. The number of aliphatic hydroxyl groups is 2. The topological polar surface area (TPSA) is 359 Å². The van der Waals surface area contributed by atoms with E-state index in [1.807, 2.05) is 0 Å². The highest BCUT2D eigenvalue weighted by atomic mass is 35.5. The van der Waals surface area contributed by atoms with Crippen molar-refractivity contribution >= 4 is 61.9 Å². The van der Waals surface area contributed by atoms with E-state index < -0.39 is 102 Å². The molecule has 1 amide bonds. The highest BCUT2D eigenvalue weighted by molar-refractivity contribution is 7.47. The van der Waals surface area contributed by atoms with Crippen LogP contribution in [0.25, 0.3) is 11.2 Å². The number of phosphoric acid groups is 2. The molecule has 2 aliphatic rings. The number of aliphatic hydroxyl groups excluding tert-OH is 2. The first kappa shape index (κ1) is 47.8. The molecule has 2 fully saturated rings. The van der Waals surface area contributed by atoms with E-state index in [0.29, 0.717) is 11.4 Å². The number of benzene rings is 1. The molecule has 0 saturated carbocycles. The number of allylic oxidation sites excluding steroid dienone is 1. The fourth-order valence-corrected chi connectivity index (χ4v) is 8.41. The Hall–Kier alpha value is -4.72. The zero-order valence-corrected chi connectivity index (χ0v) is 35.7. The molecule has 10 atom stereocenters. The number of fused-ring (bicyclic) bond motifs is 1. The number of carbonyl (C=O) groups is 2. The zero-order valence-electron chi connectivity index (χ0n) is 33.1. The van der Waals surface area contributed by atoms with E-state index in [0.717, 1.165) is 22.7 Å². The second kappa shape index (κ2) is 20.0. The number of anilines is 2. The maximum atomic E-state index is 14.2. The highest BCUT2D eigenvalue weighted by Crippen LogP contribution is 2.50. The predicted molar refractivity (Wildman–Crippen MR) is 217 cm³/mol. The molecule has 5 heterocycles. The van der Waals surface area contributed by atoms with Gasteiger partial charge in [0.05, 0.1) is 19.5 Å². The van der Waals surface area contributed by atoms with Crippen LogP contribution in [0, 0.1) is 0 Å². The van der Waals surface area contributed by atoms with Gasteiger partial charge >= 0.3 is 27.3 Å². The van der Waals surface area contributed by atoms with Crippen molar-refractivity contribution in [3.05, 3.63) is 82.9 Å². The molecule has 9 N–H and O–H groups in total. The van der Waals surface area contributed by atoms with Crippen LogP contribution in [0.15, 0.2) is 66.6 Å². The number of nitrogen functional groups attached to an aromatic ring is 2. The Morgan fingerprint density at radius 1 is 1.02 bits per heavy atom. The van der Waals surface area contributed by atoms with Gasteiger partial charge in [-0.3, -0.25) is 27.5 Å². The molecule has 3 aromatic heterocycles. The molecule has 0 radical (unpaired) electrons. The molecule has 1 aromatic carbocycles. The molecule has 63 heavy (non-hydrogen) atoms. The molecule has 342 valence electrons. The Bertz CT molecular complexity index is 2460. The van der Waals surface area contributed by atoms with Gasteiger partial charge in [0, 0.05) is 24.7 Å². The first-order chi connectivity index (χ1) is 29.8. The number of rotatable bonds is 19. The van der Waals surface area contributed by atoms with Crippen molar-refractivity contribution in [2.75, 3.05) is 31.7 Å². The standard InChI is InChI=1S/C35H44ClN9O16P2/c1-3-4-8-24(46)43(2)20(10-9-18-6-5-7-19(36)13-18)34(49)60-28-21(58-33(26(28)47)45-17-41-25-30(38)39-16-40-31(25)45)15-57-63(54,55)61-29-22(14-56-62(51,52)53)59-32(27(29)48)44-12-11-23(37)42-35(44)50/h3,5-7,11-13,16-17,20-22,26-29,32-33,47-48H,1,4,8-10,14-15H2,2H3,(H,54,55)(H2,37,42,50)(H2,38,39,40)(H2,51,52,53)/t20-,21+,22+,26+,27+,28+,29+,32+,33+/m0/s1. The number of ether oxygens (including phenoxy) is 3. The maximum Gasteiger partial charge on any atom is 0.472 e. The third-order valence-corrected chi connectivity index (χ3v) is 11.7. The largest absolute Gasteiger partial charge is 0.472 e. The zero-order chi connectivity index (χ0) is 45.8. The summed E-state index contributed by atoms with van der Waals surface area (Å²) < 4.78 is 59.8. The molecular formula is C35H44ClN9O16P2. The molecule has 4 aromatic rings. The second-order valence-electron chi connectivity index (χ2n) is 14.3. The lowest BCUT2D eigenvalue weighted by atomic mass is 10.0. The van der Waals surface area contributed by atoms with E-state index in [4.69, 9.17) is 46.3 Å². The minimum atomic E-state index is -5.43. The van der Waals surface area contributed by atoms with Crippen LogP contribution in [-0.2, 0) is 52.9 Å². The van der Waals surface area contributed by atoms with Gasteiger partial charge in [0.15, 0.2) is 30.0 Å². The summed E-state index contributed by atoms with van der Waals surface area (Å²) in [6.07, 6.45) is -8.30. The van der Waals surface area contributed by atoms with Gasteiger partial charge < -0.3 is 55.5 Å². The first-order valence-electron chi connectivity index (χ1n) is 18.9. The van der Waals surface area contributed by atoms with E-state index in [-0.39, 0.29) is 42.1 Å². The molecule has 25 nitrogen and oxygen atoms in total. The molecular weight excluding hydrogens is 900 g/mol. The Morgan fingerprint density at radius 2 is 1.70 bits per heavy atom. The molecule has 1 unspecified atom stereocenters. The van der Waals surface area contributed by atoms with E-state index in [1.165, 1.54) is 35.0 Å². The summed E-state index contributed by atoms with van der Waals surface area (Å²) in [5, 5.41) is 23.4. The quantitative estimate of drug-likeness (QED) is 0.0379. The van der Waals surface area contributed by atoms with Crippen LogP contribution in [0.2, 0.25) is 5.02 Å². The number of halogens is 1. The Balaban J connectivity index is 1.26. The van der Waals surface area contributed by atoms with Gasteiger partial charge in [-0.1, -0.05) is 29.8 Å². The predicted octanol–water partition coefficient (Wildman–Crippen LogP) is 0.367. The van der Waals surface area contributed by atoms with E-state index in [9.17, 15) is 48.4 Å². The van der Waals surface area contributed by atoms with Crippen molar-refractivity contribution in [3.8, 4) is 0 Å². The number of aromatic nitrogens is 6. The number of likely N-dealkylation sites (N-methyl/N-ethyl adjacent to an activating group) is 1. The summed E-state index contributed by atoms with van der Waals surface area (Å²) in [5.41, 5.74) is 11.4. The van der Waals surface area contributed by atoms with Crippen LogP contribution >= 0.6 is 27.2 Å². The van der Waals surface area contributed by atoms with Gasteiger partial charge in [0.2, 0.25) is 5.91 Å². The summed E-state index contributed by atoms with van der Waals surface area (Å²) in [6.45, 7) is 1.64. The number of hydrogen-bond acceptors (Lipinski definition) is 19. The average molecular weight is 944 g/mol. The van der Waals surface area contributed by atoms with Gasteiger partial charge in [-0.15, -0.1) is 6.58 Å². The number of aryl methyl sites for hydroxylation is 1. The minimum Gasteiger partial charge on any atom is -0.455 e. The SMILES string of the molecule is C=CCCC(=O)N(C)[C@@H](CCc1cccc(Cl)c1)C(=O)O[C@H]1[C@@H](O)[C@H](n2cnc3c(N)ncnc32)O[C@@H]1COP(=O)(O)O[C@H]1[C@@H](O)[C@H](n2ccc(N)nc2=O)O[C@@H]1COP(=O)(O)O. The number of esters is 1. The third-order valence-electron chi connectivity index (χ3n) is 10.0. The number of hydrogen-bond donors (Lipinski definition) is 7. The van der Waals surface area contributed by atoms with Crippen molar-refractivity contribution in [2.24, 2.45) is 0 Å². The first-order valence-corrected chi connectivity index (χ1v) is 22.3. The van der Waals surface area contributed by atoms with Gasteiger partial charge in [-0.05, 0) is 43.0 Å². The molecule has 28 heteroatoms. The van der Waals surface area contributed by atoms with Gasteiger partial charge in [0.25, 0.3) is 0 Å². The number of imidazole rings is 1. The minimum absolute atomic E-state index is 0.0125. The molecule has 0 spiro atoms. The second-order valence-corrected chi connectivity index (χ2v) is 17.4. The fraction of sp³-hybridized carbons (Fsp3) is 0.457. The van der Waals surface area contributed by atoms with Crippen molar-refractivity contribution in [1.29, 1.82) is 0 Å². The smallest absolute Gasteiger partial charge is 0.455 e. The van der Waals surface area contributed by atoms with Gasteiger partial charge in [-0.2, -0.15) is 4.98 Å². The van der Waals surface area contributed by atoms with Crippen LogP contribution in [0.1, 0.15) is 37.3 Å². The number of phosphoric ester groups is 2. The maximum absolute atomic E-state index is 14.2. The van der Waals surface area contributed by atoms with Crippen molar-refractivity contribution < 1.29 is 71.4 Å². The van der Waals surface area contributed by atoms with Crippen LogP contribution < -0.4 is 17.2 Å². The summed E-state index contributed by atoms with van der Waals surface area (Å²) in [4.78, 5) is 86.6. The van der Waals surface area contributed by atoms with E-state index >= 15 is 0 Å². The normalized spacial score (nSPS) is 25.1. The third kappa shape index (κ3) is 11.5. The number of nitrogens with two attached hydrogens (primary N) is 2. The molecule has 0 aliphatic carbocycles. The summed E-state index contributed by atoms with van der Waals surface area (Å²) in [5.74, 6) is -1.62. The number of carbonyl (C=O) groups excluding carboxylic acids is 2. The summed E-state index contributed by atoms with van der Waals surface area (Å²) in [6, 6.07) is 6.79. The Labute approximate surface area is 362 Å². The van der Waals surface area contributed by atoms with Gasteiger partial charge in [-0.25, -0.2) is 33.7 Å². The van der Waals surface area contributed by atoms with Crippen LogP contribution in [0.5, 0.6) is 0 Å². The lowest BCUT2D eigenvalue weighted by molar-refractivity contribution is -0.165. The highest BCUT2D eigenvalue weighted by Gasteiger charge is 2.52.